The van der Waals surface area contributed by atoms with E-state index in [1.54, 1.807) is 13.8 Å². The highest BCUT2D eigenvalue weighted by Crippen LogP contribution is 1.95. The van der Waals surface area contributed by atoms with Crippen LogP contribution in [0.15, 0.2) is 0 Å². The zero-order valence-electron chi connectivity index (χ0n) is 8.61. The average molecular weight is 205 g/mol. The number of carbonyl (C=O) groups is 2. The maximum Gasteiger partial charge on any atom is 0.441 e. The first-order valence-electron chi connectivity index (χ1n) is 4.30. The Morgan fingerprint density at radius 2 is 1.93 bits per heavy atom. The van der Waals surface area contributed by atoms with Gasteiger partial charge < -0.3 is 4.74 Å². The Kier molecular flexibility index (Phi) is 6.47. The number of likely N-dealkylation sites (N-methyl/N-ethyl adjacent to an activating group) is 1. The van der Waals surface area contributed by atoms with Crippen molar-refractivity contribution in [2.24, 2.45) is 0 Å². The number of rotatable bonds is 5. The van der Waals surface area contributed by atoms with E-state index in [2.05, 4.69) is 14.5 Å². The largest absolute Gasteiger partial charge is 0.468 e. The quantitative estimate of drug-likeness (QED) is 0.373. The van der Waals surface area contributed by atoms with Gasteiger partial charge in [0.1, 0.15) is 6.54 Å². The smallest absolute Gasteiger partial charge is 0.441 e. The minimum atomic E-state index is -0.695. The Labute approximate surface area is 82.6 Å². The lowest BCUT2D eigenvalue weighted by Crippen LogP contribution is -2.36. The van der Waals surface area contributed by atoms with Crippen LogP contribution in [0, 0.1) is 0 Å². The summed E-state index contributed by atoms with van der Waals surface area (Å²) in [7, 11) is 1.25. The van der Waals surface area contributed by atoms with Crippen LogP contribution in [0.3, 0.4) is 0 Å². The molecule has 0 saturated carbocycles. The first-order chi connectivity index (χ1) is 6.65. The molecule has 6 nitrogen and oxygen atoms in total. The number of esters is 1. The first-order valence-corrected chi connectivity index (χ1v) is 4.30. The summed E-state index contributed by atoms with van der Waals surface area (Å²) < 4.78 is 4.41. The second kappa shape index (κ2) is 7.14. The van der Waals surface area contributed by atoms with E-state index in [4.69, 9.17) is 0 Å². The van der Waals surface area contributed by atoms with E-state index >= 15 is 0 Å². The van der Waals surface area contributed by atoms with Gasteiger partial charge in [-0.2, -0.15) is 4.89 Å². The molecule has 82 valence electrons. The third kappa shape index (κ3) is 4.66. The van der Waals surface area contributed by atoms with Gasteiger partial charge in [-0.3, -0.25) is 14.6 Å². The highest BCUT2D eigenvalue weighted by molar-refractivity contribution is 5.77. The number of amides is 1. The van der Waals surface area contributed by atoms with E-state index in [1.807, 2.05) is 0 Å². The van der Waals surface area contributed by atoms with Gasteiger partial charge in [0, 0.05) is 6.54 Å². The zero-order valence-corrected chi connectivity index (χ0v) is 8.61. The van der Waals surface area contributed by atoms with E-state index in [1.165, 1.54) is 12.0 Å². The van der Waals surface area contributed by atoms with Gasteiger partial charge in [0.05, 0.1) is 13.7 Å². The molecule has 14 heavy (non-hydrogen) atoms. The molecule has 0 bridgehead atoms. The molecular formula is C8H15NO5. The third-order valence-electron chi connectivity index (χ3n) is 1.44. The molecule has 0 rings (SSSR count). The molecule has 0 spiro atoms. The molecule has 0 aliphatic rings. The van der Waals surface area contributed by atoms with Crippen molar-refractivity contribution in [2.75, 3.05) is 26.8 Å². The lowest BCUT2D eigenvalue weighted by Gasteiger charge is -2.17. The molecule has 0 aromatic rings. The van der Waals surface area contributed by atoms with E-state index in [0.717, 1.165) is 0 Å². The van der Waals surface area contributed by atoms with Gasteiger partial charge in [-0.15, -0.1) is 0 Å². The summed E-state index contributed by atoms with van der Waals surface area (Å²) >= 11 is 0. The zero-order chi connectivity index (χ0) is 11.0. The van der Waals surface area contributed by atoms with Gasteiger partial charge >= 0.3 is 12.1 Å². The SMILES string of the molecule is CCOOC(=O)N(CC)CC(=O)OC. The first kappa shape index (κ1) is 12.7. The van der Waals surface area contributed by atoms with Crippen LogP contribution in [0.2, 0.25) is 0 Å². The van der Waals surface area contributed by atoms with Crippen LogP contribution in [0.25, 0.3) is 0 Å². The number of hydrogen-bond acceptors (Lipinski definition) is 5. The highest BCUT2D eigenvalue weighted by atomic mass is 17.2. The molecule has 0 fully saturated rings. The second-order valence-corrected chi connectivity index (χ2v) is 2.35. The summed E-state index contributed by atoms with van der Waals surface area (Å²) in [4.78, 5) is 32.0. The predicted octanol–water partition coefficient (Wildman–Crippen LogP) is 0.569. The lowest BCUT2D eigenvalue weighted by molar-refractivity contribution is -0.241. The predicted molar refractivity (Wildman–Crippen MR) is 47.4 cm³/mol. The van der Waals surface area contributed by atoms with Crippen molar-refractivity contribution in [1.29, 1.82) is 0 Å². The summed E-state index contributed by atoms with van der Waals surface area (Å²) in [6.45, 7) is 3.88. The maximum atomic E-state index is 11.2. The van der Waals surface area contributed by atoms with Gasteiger partial charge in [0.15, 0.2) is 0 Å². The lowest BCUT2D eigenvalue weighted by atomic mass is 10.5. The summed E-state index contributed by atoms with van der Waals surface area (Å²) in [6, 6.07) is 0. The number of ether oxygens (including phenoxy) is 1. The molecule has 0 atom stereocenters. The molecule has 0 heterocycles. The third-order valence-corrected chi connectivity index (χ3v) is 1.44. The molecule has 0 unspecified atom stereocenters. The van der Waals surface area contributed by atoms with Gasteiger partial charge in [-0.25, -0.2) is 4.79 Å². The molecule has 0 N–H and O–H groups in total. The minimum absolute atomic E-state index is 0.140. The average Bonchev–Trinajstić information content (AvgIpc) is 2.21. The summed E-state index contributed by atoms with van der Waals surface area (Å²) in [5.41, 5.74) is 0. The highest BCUT2D eigenvalue weighted by Gasteiger charge is 2.17. The Balaban J connectivity index is 3.98. The Morgan fingerprint density at radius 1 is 1.29 bits per heavy atom. The topological polar surface area (TPSA) is 65.1 Å². The van der Waals surface area contributed by atoms with Crippen molar-refractivity contribution in [3.8, 4) is 0 Å². The van der Waals surface area contributed by atoms with E-state index in [-0.39, 0.29) is 13.2 Å². The monoisotopic (exact) mass is 205 g/mol. The fourth-order valence-corrected chi connectivity index (χ4v) is 0.688. The van der Waals surface area contributed by atoms with E-state index in [0.29, 0.717) is 6.54 Å². The molecule has 0 saturated heterocycles. The fraction of sp³-hybridized carbons (Fsp3) is 0.750. The van der Waals surface area contributed by atoms with Crippen molar-refractivity contribution in [3.63, 3.8) is 0 Å². The Morgan fingerprint density at radius 3 is 2.36 bits per heavy atom. The van der Waals surface area contributed by atoms with E-state index < -0.39 is 12.1 Å². The second-order valence-electron chi connectivity index (χ2n) is 2.35. The van der Waals surface area contributed by atoms with Crippen molar-refractivity contribution in [2.45, 2.75) is 13.8 Å². The summed E-state index contributed by atoms with van der Waals surface area (Å²) in [5, 5.41) is 0. The standard InChI is InChI=1S/C8H15NO5/c1-4-9(6-7(10)12-3)8(11)14-13-5-2/h4-6H2,1-3H3. The van der Waals surface area contributed by atoms with Crippen LogP contribution in [0.1, 0.15) is 13.8 Å². The van der Waals surface area contributed by atoms with Crippen LogP contribution in [0.4, 0.5) is 4.79 Å². The number of methoxy groups -OCH3 is 1. The minimum Gasteiger partial charge on any atom is -0.468 e. The van der Waals surface area contributed by atoms with Crippen molar-refractivity contribution in [1.82, 2.24) is 4.90 Å². The van der Waals surface area contributed by atoms with Crippen LogP contribution < -0.4 is 0 Å². The summed E-state index contributed by atoms with van der Waals surface area (Å²) in [6.07, 6.45) is -0.695. The van der Waals surface area contributed by atoms with Gasteiger partial charge in [-0.05, 0) is 13.8 Å². The van der Waals surface area contributed by atoms with Crippen molar-refractivity contribution in [3.05, 3.63) is 0 Å². The molecule has 0 aromatic carbocycles. The molecule has 6 heteroatoms. The molecule has 0 aliphatic heterocycles. The summed E-state index contributed by atoms with van der Waals surface area (Å²) in [5.74, 6) is -0.500. The Hall–Kier alpha value is -1.30. The molecular weight excluding hydrogens is 190 g/mol. The van der Waals surface area contributed by atoms with Gasteiger partial charge in [-0.1, -0.05) is 0 Å². The normalized spacial score (nSPS) is 9.36. The van der Waals surface area contributed by atoms with Gasteiger partial charge in [0.25, 0.3) is 0 Å². The van der Waals surface area contributed by atoms with Crippen LogP contribution in [-0.2, 0) is 19.3 Å². The molecule has 0 aromatic heterocycles. The number of hydrogen-bond donors (Lipinski definition) is 0. The van der Waals surface area contributed by atoms with Gasteiger partial charge in [0.2, 0.25) is 0 Å². The van der Waals surface area contributed by atoms with Crippen LogP contribution in [-0.4, -0.2) is 43.8 Å². The van der Waals surface area contributed by atoms with E-state index in [9.17, 15) is 9.59 Å². The van der Waals surface area contributed by atoms with Crippen LogP contribution >= 0.6 is 0 Å². The molecule has 0 aliphatic carbocycles. The Bertz CT molecular complexity index is 194. The molecule has 0 radical (unpaired) electrons. The van der Waals surface area contributed by atoms with Crippen LogP contribution in [0.5, 0.6) is 0 Å². The maximum absolute atomic E-state index is 11.2. The van der Waals surface area contributed by atoms with Crippen molar-refractivity contribution >= 4 is 12.1 Å². The fourth-order valence-electron chi connectivity index (χ4n) is 0.688. The number of carbonyl (C=O) groups excluding carboxylic acids is 2. The number of nitrogens with zero attached hydrogens (tertiary/aromatic N) is 1. The van der Waals surface area contributed by atoms with Crippen molar-refractivity contribution < 1.29 is 24.1 Å². The molecule has 1 amide bonds.